The van der Waals surface area contributed by atoms with E-state index in [0.29, 0.717) is 6.42 Å². The van der Waals surface area contributed by atoms with Gasteiger partial charge in [0.05, 0.1) is 13.2 Å². The minimum absolute atomic E-state index is 0.180. The first-order chi connectivity index (χ1) is 14.0. The van der Waals surface area contributed by atoms with Crippen molar-refractivity contribution in [3.05, 3.63) is 70.8 Å². The molecule has 0 unspecified atom stereocenters. The second-order valence-corrected chi connectivity index (χ2v) is 5.95. The number of hydrogen-bond donors (Lipinski definition) is 2. The Morgan fingerprint density at radius 1 is 0.621 bits per heavy atom. The van der Waals surface area contributed by atoms with Crippen molar-refractivity contribution >= 4 is 23.5 Å². The van der Waals surface area contributed by atoms with Crippen LogP contribution in [0.4, 0.5) is 0 Å². The molecule has 2 aromatic carbocycles. The van der Waals surface area contributed by atoms with Gasteiger partial charge in [0, 0.05) is 11.1 Å². The Morgan fingerprint density at radius 2 is 0.966 bits per heavy atom. The number of rotatable bonds is 10. The van der Waals surface area contributed by atoms with Crippen LogP contribution in [0.1, 0.15) is 31.8 Å². The van der Waals surface area contributed by atoms with E-state index in [1.54, 1.807) is 24.3 Å². The molecule has 0 aliphatic carbocycles. The highest BCUT2D eigenvalue weighted by molar-refractivity contribution is 6.41. The summed E-state index contributed by atoms with van der Waals surface area (Å²) in [4.78, 5) is 46.8. The van der Waals surface area contributed by atoms with Crippen molar-refractivity contribution in [1.29, 1.82) is 0 Å². The lowest BCUT2D eigenvalue weighted by atomic mass is 10.0. The van der Waals surface area contributed by atoms with Crippen LogP contribution >= 0.6 is 0 Å². The van der Waals surface area contributed by atoms with Crippen molar-refractivity contribution in [3.63, 3.8) is 0 Å². The number of carbonyl (C=O) groups excluding carboxylic acids is 4. The Labute approximate surface area is 166 Å². The van der Waals surface area contributed by atoms with Crippen LogP contribution in [0.15, 0.2) is 48.5 Å². The lowest BCUT2D eigenvalue weighted by molar-refractivity contribution is -0.139. The zero-order valence-electron chi connectivity index (χ0n) is 15.5. The van der Waals surface area contributed by atoms with Crippen molar-refractivity contribution in [1.82, 2.24) is 0 Å². The monoisotopic (exact) mass is 400 g/mol. The van der Waals surface area contributed by atoms with E-state index >= 15 is 0 Å². The van der Waals surface area contributed by atoms with E-state index < -0.39 is 23.5 Å². The van der Waals surface area contributed by atoms with Gasteiger partial charge in [0.2, 0.25) is 0 Å². The molecule has 0 amide bonds. The van der Waals surface area contributed by atoms with E-state index in [4.69, 9.17) is 10.2 Å². The highest BCUT2D eigenvalue weighted by Gasteiger charge is 2.18. The molecule has 0 heterocycles. The van der Waals surface area contributed by atoms with Crippen molar-refractivity contribution in [3.8, 4) is 0 Å². The van der Waals surface area contributed by atoms with Crippen LogP contribution in [0.3, 0.4) is 0 Å². The van der Waals surface area contributed by atoms with Gasteiger partial charge in [-0.2, -0.15) is 0 Å². The van der Waals surface area contributed by atoms with E-state index in [1.165, 1.54) is 24.3 Å². The molecular formula is C21H20O8. The number of carbonyl (C=O) groups is 4. The maximum Gasteiger partial charge on any atom is 0.379 e. The number of aliphatic hydroxyl groups excluding tert-OH is 2. The molecule has 2 aromatic rings. The summed E-state index contributed by atoms with van der Waals surface area (Å²) in [5, 5.41) is 17.2. The predicted octanol–water partition coefficient (Wildman–Crippen LogP) is 0.714. The van der Waals surface area contributed by atoms with Crippen LogP contribution < -0.4 is 0 Å². The molecule has 8 heteroatoms. The molecule has 8 nitrogen and oxygen atoms in total. The normalized spacial score (nSPS) is 10.3. The maximum atomic E-state index is 11.9. The van der Waals surface area contributed by atoms with E-state index in [1.807, 2.05) is 0 Å². The minimum atomic E-state index is -1.02. The van der Waals surface area contributed by atoms with Gasteiger partial charge in [-0.1, -0.05) is 48.5 Å². The zero-order valence-corrected chi connectivity index (χ0v) is 15.5. The molecule has 29 heavy (non-hydrogen) atoms. The fourth-order valence-electron chi connectivity index (χ4n) is 2.43. The second kappa shape index (κ2) is 10.8. The summed E-state index contributed by atoms with van der Waals surface area (Å²) in [5.41, 5.74) is 2.09. The first-order valence-corrected chi connectivity index (χ1v) is 8.78. The lowest BCUT2D eigenvalue weighted by Gasteiger charge is -2.06. The second-order valence-electron chi connectivity index (χ2n) is 5.95. The molecule has 2 rings (SSSR count). The van der Waals surface area contributed by atoms with Gasteiger partial charge in [0.25, 0.3) is 11.6 Å². The van der Waals surface area contributed by atoms with Gasteiger partial charge in [-0.3, -0.25) is 9.59 Å². The van der Waals surface area contributed by atoms with Crippen LogP contribution in [0.5, 0.6) is 0 Å². The molecule has 0 radical (unpaired) electrons. The first kappa shape index (κ1) is 21.9. The molecule has 152 valence electrons. The molecule has 0 saturated carbocycles. The Bertz CT molecular complexity index is 795. The van der Waals surface area contributed by atoms with E-state index in [9.17, 15) is 19.2 Å². The maximum absolute atomic E-state index is 11.9. The van der Waals surface area contributed by atoms with Gasteiger partial charge >= 0.3 is 11.9 Å². The van der Waals surface area contributed by atoms with Gasteiger partial charge in [-0.15, -0.1) is 0 Å². The third-order valence-electron chi connectivity index (χ3n) is 3.86. The quantitative estimate of drug-likeness (QED) is 0.339. The summed E-state index contributed by atoms with van der Waals surface area (Å²) in [5.74, 6) is -3.63. The third-order valence-corrected chi connectivity index (χ3v) is 3.86. The molecule has 0 spiro atoms. The van der Waals surface area contributed by atoms with Crippen LogP contribution in [0.2, 0.25) is 0 Å². The summed E-state index contributed by atoms with van der Waals surface area (Å²) < 4.78 is 9.18. The van der Waals surface area contributed by atoms with Crippen LogP contribution in [0, 0.1) is 0 Å². The summed E-state index contributed by atoms with van der Waals surface area (Å²) in [6, 6.07) is 12.8. The van der Waals surface area contributed by atoms with E-state index in [-0.39, 0.29) is 37.6 Å². The highest BCUT2D eigenvalue weighted by Crippen LogP contribution is 2.13. The number of esters is 2. The van der Waals surface area contributed by atoms with Crippen molar-refractivity contribution in [2.45, 2.75) is 6.42 Å². The average Bonchev–Trinajstić information content (AvgIpc) is 2.75. The van der Waals surface area contributed by atoms with Gasteiger partial charge in [-0.25, -0.2) is 9.59 Å². The van der Waals surface area contributed by atoms with Crippen LogP contribution in [-0.4, -0.2) is 60.1 Å². The molecular weight excluding hydrogens is 380 g/mol. The molecule has 0 bridgehead atoms. The van der Waals surface area contributed by atoms with Gasteiger partial charge in [0.1, 0.15) is 13.2 Å². The standard InChI is InChI=1S/C21H20O8/c22-9-11-28-20(26)18(24)16-5-1-14(2-6-16)13-15-3-7-17(8-4-15)19(25)21(27)29-12-10-23/h1-8,22-23H,9-13H2. The SMILES string of the molecule is O=C(OCCO)C(=O)c1ccc(Cc2ccc(C(=O)C(=O)OCCO)cc2)cc1. The molecule has 2 N–H and O–H groups in total. The summed E-state index contributed by atoms with van der Waals surface area (Å²) in [7, 11) is 0. The summed E-state index contributed by atoms with van der Waals surface area (Å²) >= 11 is 0. The molecule has 0 aromatic heterocycles. The average molecular weight is 400 g/mol. The fraction of sp³-hybridized carbons (Fsp3) is 0.238. The lowest BCUT2D eigenvalue weighted by Crippen LogP contribution is -2.19. The third kappa shape index (κ3) is 6.34. The number of Topliss-reactive ketones (excluding diaryl/α,β-unsaturated/α-hetero) is 2. The Balaban J connectivity index is 1.98. The van der Waals surface area contributed by atoms with Gasteiger partial charge in [-0.05, 0) is 17.5 Å². The predicted molar refractivity (Wildman–Crippen MR) is 100 cm³/mol. The highest BCUT2D eigenvalue weighted by atomic mass is 16.5. The Morgan fingerprint density at radius 3 is 1.28 bits per heavy atom. The largest absolute Gasteiger partial charge is 0.457 e. The molecule has 0 fully saturated rings. The van der Waals surface area contributed by atoms with Crippen molar-refractivity contribution in [2.75, 3.05) is 26.4 Å². The van der Waals surface area contributed by atoms with Gasteiger partial charge in [0.15, 0.2) is 0 Å². The van der Waals surface area contributed by atoms with Crippen LogP contribution in [-0.2, 0) is 25.5 Å². The first-order valence-electron chi connectivity index (χ1n) is 8.78. The number of hydrogen-bond acceptors (Lipinski definition) is 8. The zero-order chi connectivity index (χ0) is 21.2. The number of aliphatic hydroxyl groups is 2. The smallest absolute Gasteiger partial charge is 0.379 e. The number of benzene rings is 2. The van der Waals surface area contributed by atoms with Crippen molar-refractivity contribution < 1.29 is 38.9 Å². The molecule has 0 atom stereocenters. The van der Waals surface area contributed by atoms with Crippen molar-refractivity contribution in [2.24, 2.45) is 0 Å². The van der Waals surface area contributed by atoms with Crippen LogP contribution in [0.25, 0.3) is 0 Å². The topological polar surface area (TPSA) is 127 Å². The Kier molecular flexibility index (Phi) is 8.20. The Hall–Kier alpha value is -3.36. The molecule has 0 aliphatic rings. The van der Waals surface area contributed by atoms with E-state index in [0.717, 1.165) is 11.1 Å². The number of ketones is 2. The minimum Gasteiger partial charge on any atom is -0.457 e. The van der Waals surface area contributed by atoms with E-state index in [2.05, 4.69) is 9.47 Å². The fourth-order valence-corrected chi connectivity index (χ4v) is 2.43. The molecule has 0 aliphatic heterocycles. The molecule has 0 saturated heterocycles. The summed E-state index contributed by atoms with van der Waals surface area (Å²) in [6.45, 7) is -1.18. The number of ether oxygens (including phenoxy) is 2. The summed E-state index contributed by atoms with van der Waals surface area (Å²) in [6.07, 6.45) is 0.507. The van der Waals surface area contributed by atoms with Gasteiger partial charge < -0.3 is 19.7 Å².